The molecular weight excluding hydrogens is 408 g/mol. The lowest BCUT2D eigenvalue weighted by Crippen LogP contribution is -2.39. The average Bonchev–Trinajstić information content (AvgIpc) is 3.34. The Morgan fingerprint density at radius 2 is 1.66 bits per heavy atom. The summed E-state index contributed by atoms with van der Waals surface area (Å²) in [4.78, 5) is 35.6. The lowest BCUT2D eigenvalue weighted by molar-refractivity contribution is -0.137. The first-order chi connectivity index (χ1) is 15.4. The van der Waals surface area contributed by atoms with E-state index in [-0.39, 0.29) is 36.8 Å². The number of rotatable bonds is 7. The molecule has 2 aliphatic rings. The zero-order valence-electron chi connectivity index (χ0n) is 18.0. The van der Waals surface area contributed by atoms with E-state index in [9.17, 15) is 14.4 Å². The summed E-state index contributed by atoms with van der Waals surface area (Å²) in [6, 6.07) is 15.8. The highest BCUT2D eigenvalue weighted by Gasteiger charge is 2.33. The maximum Gasteiger partial charge on any atom is 0.407 e. The molecule has 0 heterocycles. The predicted octanol–water partition coefficient (Wildman–Crippen LogP) is 3.67. The molecule has 2 amide bonds. The third kappa shape index (κ3) is 4.77. The molecule has 7 heteroatoms. The number of fused-ring (bicyclic) bond motifs is 3. The SMILES string of the molecule is CC(CC(=O)O)NC(=O)[C@H]1CC[C@@H](NC(=O)OCC2c3ccccc3-c3ccccc32)C1. The van der Waals surface area contributed by atoms with Gasteiger partial charge in [-0.25, -0.2) is 4.79 Å². The second-order valence-electron chi connectivity index (χ2n) is 8.68. The second kappa shape index (κ2) is 9.42. The quantitative estimate of drug-likeness (QED) is 0.614. The summed E-state index contributed by atoms with van der Waals surface area (Å²) in [7, 11) is 0. The van der Waals surface area contributed by atoms with E-state index < -0.39 is 18.1 Å². The summed E-state index contributed by atoms with van der Waals surface area (Å²) in [6.07, 6.45) is 1.28. The number of carboxylic acids is 1. The van der Waals surface area contributed by atoms with E-state index in [1.54, 1.807) is 6.92 Å². The number of aliphatic carboxylic acids is 1. The first kappa shape index (κ1) is 21.9. The van der Waals surface area contributed by atoms with E-state index in [0.29, 0.717) is 19.3 Å². The Balaban J connectivity index is 1.28. The molecule has 1 saturated carbocycles. The van der Waals surface area contributed by atoms with Crippen LogP contribution in [0.15, 0.2) is 48.5 Å². The number of benzene rings is 2. The monoisotopic (exact) mass is 436 g/mol. The van der Waals surface area contributed by atoms with Crippen molar-refractivity contribution in [1.82, 2.24) is 10.6 Å². The van der Waals surface area contributed by atoms with Gasteiger partial charge in [0, 0.05) is 23.9 Å². The normalized spacial score (nSPS) is 20.2. The summed E-state index contributed by atoms with van der Waals surface area (Å²) in [5.74, 6) is -1.33. The van der Waals surface area contributed by atoms with Crippen LogP contribution in [0.3, 0.4) is 0 Å². The van der Waals surface area contributed by atoms with Crippen LogP contribution < -0.4 is 10.6 Å². The summed E-state index contributed by atoms with van der Waals surface area (Å²) in [6.45, 7) is 1.93. The molecule has 1 unspecified atom stereocenters. The molecule has 0 aromatic heterocycles. The average molecular weight is 437 g/mol. The molecule has 0 radical (unpaired) electrons. The first-order valence-corrected chi connectivity index (χ1v) is 11.1. The van der Waals surface area contributed by atoms with Crippen molar-refractivity contribution in [3.05, 3.63) is 59.7 Å². The third-order valence-electron chi connectivity index (χ3n) is 6.34. The van der Waals surface area contributed by atoms with Gasteiger partial charge in [0.25, 0.3) is 0 Å². The van der Waals surface area contributed by atoms with Crippen molar-refractivity contribution in [2.45, 2.75) is 50.6 Å². The van der Waals surface area contributed by atoms with Crippen LogP contribution in [0.2, 0.25) is 0 Å². The van der Waals surface area contributed by atoms with E-state index >= 15 is 0 Å². The predicted molar refractivity (Wildman–Crippen MR) is 119 cm³/mol. The topological polar surface area (TPSA) is 105 Å². The van der Waals surface area contributed by atoms with Crippen LogP contribution in [-0.2, 0) is 14.3 Å². The van der Waals surface area contributed by atoms with Crippen LogP contribution in [0, 0.1) is 5.92 Å². The zero-order chi connectivity index (χ0) is 22.7. The van der Waals surface area contributed by atoms with E-state index in [1.165, 1.54) is 11.1 Å². The van der Waals surface area contributed by atoms with Crippen molar-refractivity contribution in [2.75, 3.05) is 6.61 Å². The number of ether oxygens (including phenoxy) is 1. The Kier molecular flexibility index (Phi) is 6.44. The van der Waals surface area contributed by atoms with E-state index in [1.807, 2.05) is 24.3 Å². The number of alkyl carbamates (subject to hydrolysis) is 1. The highest BCUT2D eigenvalue weighted by Crippen LogP contribution is 2.44. The van der Waals surface area contributed by atoms with Crippen molar-refractivity contribution in [2.24, 2.45) is 5.92 Å². The molecule has 0 saturated heterocycles. The maximum absolute atomic E-state index is 12.5. The van der Waals surface area contributed by atoms with Gasteiger partial charge in [0.2, 0.25) is 5.91 Å². The first-order valence-electron chi connectivity index (χ1n) is 11.1. The molecule has 168 valence electrons. The Labute approximate surface area is 187 Å². The maximum atomic E-state index is 12.5. The van der Waals surface area contributed by atoms with Gasteiger partial charge in [-0.05, 0) is 48.4 Å². The minimum absolute atomic E-state index is 0.00553. The zero-order valence-corrected chi connectivity index (χ0v) is 18.0. The number of hydrogen-bond donors (Lipinski definition) is 3. The second-order valence-corrected chi connectivity index (χ2v) is 8.68. The van der Waals surface area contributed by atoms with Crippen LogP contribution >= 0.6 is 0 Å². The Hall–Kier alpha value is -3.35. The summed E-state index contributed by atoms with van der Waals surface area (Å²) in [5.41, 5.74) is 4.68. The molecule has 3 atom stereocenters. The van der Waals surface area contributed by atoms with E-state index in [0.717, 1.165) is 11.1 Å². The fraction of sp³-hybridized carbons (Fsp3) is 0.400. The van der Waals surface area contributed by atoms with Gasteiger partial charge >= 0.3 is 12.1 Å². The number of nitrogens with one attached hydrogen (secondary N) is 2. The highest BCUT2D eigenvalue weighted by atomic mass is 16.5. The summed E-state index contributed by atoms with van der Waals surface area (Å²) < 4.78 is 5.59. The Bertz CT molecular complexity index is 975. The Morgan fingerprint density at radius 3 is 2.28 bits per heavy atom. The van der Waals surface area contributed by atoms with Gasteiger partial charge < -0.3 is 20.5 Å². The summed E-state index contributed by atoms with van der Waals surface area (Å²) in [5, 5.41) is 14.5. The number of carboxylic acid groups (broad SMARTS) is 1. The van der Waals surface area contributed by atoms with Gasteiger partial charge in [-0.1, -0.05) is 48.5 Å². The van der Waals surface area contributed by atoms with Crippen molar-refractivity contribution < 1.29 is 24.2 Å². The molecule has 1 fully saturated rings. The number of carbonyl (C=O) groups excluding carboxylic acids is 2. The Morgan fingerprint density at radius 1 is 1.03 bits per heavy atom. The number of amides is 2. The minimum Gasteiger partial charge on any atom is -0.481 e. The lowest BCUT2D eigenvalue weighted by atomic mass is 9.98. The third-order valence-corrected chi connectivity index (χ3v) is 6.34. The molecule has 0 spiro atoms. The standard InChI is InChI=1S/C25H28N2O5/c1-15(12-23(28)29)26-24(30)16-10-11-17(13-16)27-25(31)32-14-22-20-8-4-2-6-18(20)19-7-3-5-9-21(19)22/h2-9,15-17,22H,10-14H2,1H3,(H,26,30)(H,27,31)(H,28,29)/t15?,16-,17+/m0/s1. The largest absolute Gasteiger partial charge is 0.481 e. The fourth-order valence-electron chi connectivity index (χ4n) is 4.83. The summed E-state index contributed by atoms with van der Waals surface area (Å²) >= 11 is 0. The van der Waals surface area contributed by atoms with Gasteiger partial charge in [-0.3, -0.25) is 9.59 Å². The lowest BCUT2D eigenvalue weighted by Gasteiger charge is -2.18. The molecule has 7 nitrogen and oxygen atoms in total. The van der Waals surface area contributed by atoms with Gasteiger partial charge in [0.15, 0.2) is 0 Å². The van der Waals surface area contributed by atoms with Crippen molar-refractivity contribution in [3.63, 3.8) is 0 Å². The molecule has 2 aliphatic carbocycles. The van der Waals surface area contributed by atoms with Crippen LogP contribution in [0.25, 0.3) is 11.1 Å². The molecule has 2 aromatic rings. The van der Waals surface area contributed by atoms with Crippen molar-refractivity contribution in [3.8, 4) is 11.1 Å². The van der Waals surface area contributed by atoms with Crippen LogP contribution in [0.1, 0.15) is 49.7 Å². The van der Waals surface area contributed by atoms with E-state index in [2.05, 4.69) is 34.9 Å². The van der Waals surface area contributed by atoms with Gasteiger partial charge in [-0.15, -0.1) is 0 Å². The van der Waals surface area contributed by atoms with Crippen molar-refractivity contribution >= 4 is 18.0 Å². The minimum atomic E-state index is -0.945. The molecule has 0 bridgehead atoms. The molecule has 2 aromatic carbocycles. The molecule has 3 N–H and O–H groups in total. The number of carbonyl (C=O) groups is 3. The number of hydrogen-bond acceptors (Lipinski definition) is 4. The van der Waals surface area contributed by atoms with Gasteiger partial charge in [-0.2, -0.15) is 0 Å². The van der Waals surface area contributed by atoms with Gasteiger partial charge in [0.05, 0.1) is 6.42 Å². The van der Waals surface area contributed by atoms with Crippen LogP contribution in [0.4, 0.5) is 4.79 Å². The van der Waals surface area contributed by atoms with E-state index in [4.69, 9.17) is 9.84 Å². The van der Waals surface area contributed by atoms with Crippen molar-refractivity contribution in [1.29, 1.82) is 0 Å². The molecule has 4 rings (SSSR count). The fourth-order valence-corrected chi connectivity index (χ4v) is 4.83. The molecular formula is C25H28N2O5. The highest BCUT2D eigenvalue weighted by molar-refractivity contribution is 5.81. The smallest absolute Gasteiger partial charge is 0.407 e. The van der Waals surface area contributed by atoms with Crippen LogP contribution in [0.5, 0.6) is 0 Å². The van der Waals surface area contributed by atoms with Gasteiger partial charge in [0.1, 0.15) is 6.61 Å². The molecule has 32 heavy (non-hydrogen) atoms. The van der Waals surface area contributed by atoms with Crippen LogP contribution in [-0.4, -0.2) is 41.8 Å². The molecule has 0 aliphatic heterocycles.